The zero-order chi connectivity index (χ0) is 33.8. The average Bonchev–Trinajstić information content (AvgIpc) is 3.09. The molecule has 0 aromatic heterocycles. The maximum atomic E-state index is 13.4. The highest BCUT2D eigenvalue weighted by Crippen LogP contribution is 2.31. The number of benzene rings is 4. The highest BCUT2D eigenvalue weighted by molar-refractivity contribution is 6.26. The zero-order valence-electron chi connectivity index (χ0n) is 26.8. The van der Waals surface area contributed by atoms with E-state index in [4.69, 9.17) is 5.73 Å². The van der Waals surface area contributed by atoms with Gasteiger partial charge in [0.15, 0.2) is 0 Å². The second-order valence-electron chi connectivity index (χ2n) is 12.4. The van der Waals surface area contributed by atoms with Crippen molar-refractivity contribution in [2.45, 2.75) is 51.4 Å². The van der Waals surface area contributed by atoms with Crippen LogP contribution in [0.4, 0.5) is 0 Å². The molecule has 0 unspecified atom stereocenters. The molecule has 2 N–H and O–H groups in total. The Kier molecular flexibility index (Phi) is 9.61. The van der Waals surface area contributed by atoms with E-state index in [9.17, 15) is 28.8 Å². The largest absolute Gasteiger partial charge is 0.370 e. The van der Waals surface area contributed by atoms with Gasteiger partial charge in [-0.25, -0.2) is 0 Å². The average molecular weight is 647 g/mol. The Hall–Kier alpha value is -5.38. The lowest BCUT2D eigenvalue weighted by molar-refractivity contribution is -0.131. The normalized spacial score (nSPS) is 13.9. The monoisotopic (exact) mass is 646 g/mol. The molecule has 0 saturated heterocycles. The van der Waals surface area contributed by atoms with E-state index in [-0.39, 0.29) is 48.5 Å². The van der Waals surface area contributed by atoms with Crippen molar-refractivity contribution in [3.05, 3.63) is 95.1 Å². The van der Waals surface area contributed by atoms with Gasteiger partial charge in [-0.3, -0.25) is 38.6 Å². The molecule has 0 spiro atoms. The molecule has 4 aromatic carbocycles. The van der Waals surface area contributed by atoms with E-state index in [1.165, 1.54) is 9.80 Å². The van der Waals surface area contributed by atoms with E-state index < -0.39 is 0 Å². The summed E-state index contributed by atoms with van der Waals surface area (Å²) < 4.78 is 0. The third-order valence-corrected chi connectivity index (χ3v) is 9.25. The van der Waals surface area contributed by atoms with Crippen LogP contribution in [0.5, 0.6) is 0 Å². The number of imide groups is 2. The lowest BCUT2D eigenvalue weighted by atomic mass is 9.94. The molecule has 4 aromatic rings. The van der Waals surface area contributed by atoms with Crippen LogP contribution in [0.2, 0.25) is 0 Å². The first kappa shape index (κ1) is 32.6. The van der Waals surface area contributed by atoms with Crippen molar-refractivity contribution in [3.63, 3.8) is 0 Å². The second-order valence-corrected chi connectivity index (χ2v) is 12.4. The van der Waals surface area contributed by atoms with E-state index in [0.717, 1.165) is 23.6 Å². The van der Waals surface area contributed by atoms with E-state index >= 15 is 0 Å². The van der Waals surface area contributed by atoms with Gasteiger partial charge in [-0.15, -0.1) is 0 Å². The fourth-order valence-electron chi connectivity index (χ4n) is 6.85. The molecular formula is C38H38N4O6. The molecule has 10 nitrogen and oxygen atoms in total. The lowest BCUT2D eigenvalue weighted by Crippen LogP contribution is -2.43. The van der Waals surface area contributed by atoms with Gasteiger partial charge >= 0.3 is 0 Å². The number of nitrogens with two attached hydrogens (primary N) is 1. The first-order valence-electron chi connectivity index (χ1n) is 16.6. The Morgan fingerprint density at radius 2 is 0.896 bits per heavy atom. The van der Waals surface area contributed by atoms with Crippen LogP contribution in [0.25, 0.3) is 21.5 Å². The van der Waals surface area contributed by atoms with E-state index in [1.54, 1.807) is 53.4 Å². The van der Waals surface area contributed by atoms with Gasteiger partial charge in [0.2, 0.25) is 11.8 Å². The van der Waals surface area contributed by atoms with Crippen LogP contribution in [0.3, 0.4) is 0 Å². The molecule has 6 amide bonds. The van der Waals surface area contributed by atoms with E-state index in [2.05, 4.69) is 0 Å². The molecule has 10 heteroatoms. The minimum atomic E-state index is -0.351. The van der Waals surface area contributed by atoms with Gasteiger partial charge in [-0.2, -0.15) is 0 Å². The van der Waals surface area contributed by atoms with Crippen molar-refractivity contribution < 1.29 is 28.8 Å². The maximum Gasteiger partial charge on any atom is 0.261 e. The van der Waals surface area contributed by atoms with E-state index in [0.29, 0.717) is 84.6 Å². The van der Waals surface area contributed by atoms with Gasteiger partial charge in [0.25, 0.3) is 23.6 Å². The van der Waals surface area contributed by atoms with Crippen molar-refractivity contribution in [2.75, 3.05) is 26.2 Å². The fourth-order valence-corrected chi connectivity index (χ4v) is 6.85. The molecular weight excluding hydrogens is 608 g/mol. The van der Waals surface area contributed by atoms with Crippen LogP contribution in [-0.4, -0.2) is 76.3 Å². The molecule has 48 heavy (non-hydrogen) atoms. The summed E-state index contributed by atoms with van der Waals surface area (Å²) >= 11 is 0. The number of amides is 6. The SMILES string of the molecule is NC(=O)CCCCCCC(=O)N(CCCN1C(=O)c2cccc3cccc(c23)C1=O)CCCN1C(=O)c2cccc3cccc(c23)C1=O. The van der Waals surface area contributed by atoms with Gasteiger partial charge in [-0.1, -0.05) is 61.4 Å². The lowest BCUT2D eigenvalue weighted by Gasteiger charge is -2.30. The van der Waals surface area contributed by atoms with Crippen LogP contribution in [0.15, 0.2) is 72.8 Å². The number of nitrogens with zero attached hydrogens (tertiary/aromatic N) is 3. The minimum Gasteiger partial charge on any atom is -0.370 e. The predicted octanol–water partition coefficient (Wildman–Crippen LogP) is 5.32. The van der Waals surface area contributed by atoms with Gasteiger partial charge in [-0.05, 0) is 60.7 Å². The Morgan fingerprint density at radius 3 is 1.27 bits per heavy atom. The second kappa shape index (κ2) is 14.2. The molecule has 6 rings (SSSR count). The Bertz CT molecular complexity index is 1730. The van der Waals surface area contributed by atoms with Crippen molar-refractivity contribution >= 4 is 57.0 Å². The Labute approximate surface area is 278 Å². The number of hydrogen-bond acceptors (Lipinski definition) is 6. The number of hydrogen-bond donors (Lipinski definition) is 1. The summed E-state index contributed by atoms with van der Waals surface area (Å²) in [4.78, 5) is 82.2. The van der Waals surface area contributed by atoms with Gasteiger partial charge in [0, 0.05) is 72.0 Å². The zero-order valence-corrected chi connectivity index (χ0v) is 26.8. The van der Waals surface area contributed by atoms with Crippen molar-refractivity contribution in [1.82, 2.24) is 14.7 Å². The van der Waals surface area contributed by atoms with Crippen LogP contribution in [-0.2, 0) is 9.59 Å². The summed E-state index contributed by atoms with van der Waals surface area (Å²) in [5, 5.41) is 3.01. The molecule has 0 atom stereocenters. The van der Waals surface area contributed by atoms with E-state index in [1.807, 2.05) is 24.3 Å². The van der Waals surface area contributed by atoms with Crippen molar-refractivity contribution in [1.29, 1.82) is 0 Å². The quantitative estimate of drug-likeness (QED) is 0.137. The molecule has 0 radical (unpaired) electrons. The first-order chi connectivity index (χ1) is 23.3. The predicted molar refractivity (Wildman–Crippen MR) is 181 cm³/mol. The number of carbonyl (C=O) groups excluding carboxylic acids is 6. The third kappa shape index (κ3) is 6.43. The molecule has 0 saturated carbocycles. The molecule has 2 aliphatic heterocycles. The molecule has 0 fully saturated rings. The molecule has 2 aliphatic rings. The van der Waals surface area contributed by atoms with Crippen molar-refractivity contribution in [2.24, 2.45) is 5.73 Å². The third-order valence-electron chi connectivity index (χ3n) is 9.25. The minimum absolute atomic E-state index is 0.0808. The van der Waals surface area contributed by atoms with Crippen LogP contribution < -0.4 is 5.73 Å². The van der Waals surface area contributed by atoms with Crippen molar-refractivity contribution in [3.8, 4) is 0 Å². The summed E-state index contributed by atoms with van der Waals surface area (Å²) in [7, 11) is 0. The molecule has 0 bridgehead atoms. The topological polar surface area (TPSA) is 138 Å². The van der Waals surface area contributed by atoms with Crippen LogP contribution >= 0.6 is 0 Å². The first-order valence-corrected chi connectivity index (χ1v) is 16.6. The Morgan fingerprint density at radius 1 is 0.521 bits per heavy atom. The summed E-state index contributed by atoms with van der Waals surface area (Å²) in [6, 6.07) is 21.7. The number of unbranched alkanes of at least 4 members (excludes halogenated alkanes) is 3. The summed E-state index contributed by atoms with van der Waals surface area (Å²) in [6.45, 7) is 0.882. The van der Waals surface area contributed by atoms with Gasteiger partial charge in [0.1, 0.15) is 0 Å². The number of rotatable bonds is 15. The smallest absolute Gasteiger partial charge is 0.261 e. The number of carbonyl (C=O) groups is 6. The fraction of sp³-hybridized carbons (Fsp3) is 0.316. The summed E-state index contributed by atoms with van der Waals surface area (Å²) in [6.07, 6.45) is 4.24. The maximum absolute atomic E-state index is 13.4. The summed E-state index contributed by atoms with van der Waals surface area (Å²) in [5.41, 5.74) is 7.17. The summed E-state index contributed by atoms with van der Waals surface area (Å²) in [5.74, 6) is -1.83. The van der Waals surface area contributed by atoms with Crippen LogP contribution in [0.1, 0.15) is 92.8 Å². The standard InChI is InChI=1S/C38H38N4O6/c39-31(43)19-3-1-2-4-20-32(44)40(21-9-23-41-35(45)27-15-5-11-25-12-6-16-28(33(25)27)36(41)46)22-10-24-42-37(47)29-17-7-13-26-14-8-18-30(34(26)29)38(42)48/h5-8,11-18H,1-4,9-10,19-24H2,(H2,39,43). The van der Waals surface area contributed by atoms with Gasteiger partial charge < -0.3 is 10.6 Å². The Balaban J connectivity index is 1.10. The highest BCUT2D eigenvalue weighted by atomic mass is 16.2. The van der Waals surface area contributed by atoms with Crippen LogP contribution in [0, 0.1) is 0 Å². The van der Waals surface area contributed by atoms with Gasteiger partial charge in [0.05, 0.1) is 0 Å². The molecule has 246 valence electrons. The highest BCUT2D eigenvalue weighted by Gasteiger charge is 2.34. The molecule has 0 aliphatic carbocycles. The number of primary amides is 1. The molecule has 2 heterocycles.